The lowest BCUT2D eigenvalue weighted by Gasteiger charge is -2.19. The molecule has 1 rings (SSSR count). The summed E-state index contributed by atoms with van der Waals surface area (Å²) in [4.78, 5) is 11.6. The van der Waals surface area contributed by atoms with Crippen molar-refractivity contribution in [1.29, 1.82) is 0 Å². The first-order valence-electron chi connectivity index (χ1n) is 5.83. The highest BCUT2D eigenvalue weighted by atomic mass is 79.9. The second kappa shape index (κ2) is 7.02. The van der Waals surface area contributed by atoms with Crippen molar-refractivity contribution in [2.75, 3.05) is 19.7 Å². The predicted octanol–water partition coefficient (Wildman–Crippen LogP) is 2.02. The van der Waals surface area contributed by atoms with Crippen molar-refractivity contribution in [1.82, 2.24) is 4.31 Å². The third-order valence-electron chi connectivity index (χ3n) is 2.40. The first-order chi connectivity index (χ1) is 8.91. The molecule has 7 heteroatoms. The highest BCUT2D eigenvalue weighted by Gasteiger charge is 2.25. The maximum atomic E-state index is 12.4. The van der Waals surface area contributed by atoms with E-state index in [0.717, 1.165) is 4.31 Å². The third-order valence-corrected chi connectivity index (χ3v) is 4.81. The number of rotatable bonds is 6. The molecular formula is C12H16BrNO4S. The minimum absolute atomic E-state index is 0.146. The molecule has 0 saturated heterocycles. The molecule has 0 heterocycles. The summed E-state index contributed by atoms with van der Waals surface area (Å²) in [6.45, 7) is 3.51. The minimum atomic E-state index is -3.68. The lowest BCUT2D eigenvalue weighted by Crippen LogP contribution is -2.36. The third kappa shape index (κ3) is 4.29. The summed E-state index contributed by atoms with van der Waals surface area (Å²) in [5.74, 6) is -0.553. The number of likely N-dealkylation sites (N-methyl/N-ethyl adjacent to an activating group) is 1. The Balaban J connectivity index is 2.99. The van der Waals surface area contributed by atoms with E-state index >= 15 is 0 Å². The number of nitrogens with zero attached hydrogens (tertiary/aromatic N) is 1. The first-order valence-corrected chi connectivity index (χ1v) is 8.06. The van der Waals surface area contributed by atoms with E-state index in [-0.39, 0.29) is 24.6 Å². The van der Waals surface area contributed by atoms with Gasteiger partial charge in [-0.25, -0.2) is 8.42 Å². The van der Waals surface area contributed by atoms with Crippen LogP contribution in [0.25, 0.3) is 0 Å². The highest BCUT2D eigenvalue weighted by molar-refractivity contribution is 9.10. The minimum Gasteiger partial charge on any atom is -0.465 e. The number of hydrogen-bond acceptors (Lipinski definition) is 4. The number of benzene rings is 1. The van der Waals surface area contributed by atoms with Crippen molar-refractivity contribution in [3.05, 3.63) is 28.7 Å². The van der Waals surface area contributed by atoms with E-state index in [9.17, 15) is 13.2 Å². The summed E-state index contributed by atoms with van der Waals surface area (Å²) in [5, 5.41) is 0. The van der Waals surface area contributed by atoms with Gasteiger partial charge >= 0.3 is 5.97 Å². The van der Waals surface area contributed by atoms with E-state index in [1.54, 1.807) is 26.0 Å². The molecule has 0 aromatic heterocycles. The van der Waals surface area contributed by atoms with Crippen molar-refractivity contribution in [3.8, 4) is 0 Å². The van der Waals surface area contributed by atoms with E-state index in [1.165, 1.54) is 12.1 Å². The van der Waals surface area contributed by atoms with Crippen LogP contribution in [0.3, 0.4) is 0 Å². The van der Waals surface area contributed by atoms with Crippen LogP contribution in [0.2, 0.25) is 0 Å². The molecule has 0 N–H and O–H groups in total. The van der Waals surface area contributed by atoms with Gasteiger partial charge in [0.05, 0.1) is 11.5 Å². The van der Waals surface area contributed by atoms with Crippen LogP contribution in [-0.4, -0.2) is 38.4 Å². The zero-order valence-corrected chi connectivity index (χ0v) is 13.2. The normalized spacial score (nSPS) is 11.6. The van der Waals surface area contributed by atoms with E-state index in [4.69, 9.17) is 4.74 Å². The molecule has 0 aliphatic rings. The maximum absolute atomic E-state index is 12.4. The van der Waals surface area contributed by atoms with Crippen LogP contribution >= 0.6 is 15.9 Å². The molecule has 0 atom stereocenters. The summed E-state index contributed by atoms with van der Waals surface area (Å²) in [6.07, 6.45) is 0. The molecule has 1 aromatic carbocycles. The van der Waals surface area contributed by atoms with Crippen LogP contribution in [0.15, 0.2) is 33.6 Å². The second-order valence-electron chi connectivity index (χ2n) is 3.69. The fourth-order valence-corrected chi connectivity index (χ4v) is 3.48. The lowest BCUT2D eigenvalue weighted by atomic mass is 10.4. The van der Waals surface area contributed by atoms with Crippen LogP contribution in [0.4, 0.5) is 0 Å². The number of sulfonamides is 1. The van der Waals surface area contributed by atoms with E-state index in [0.29, 0.717) is 4.47 Å². The van der Waals surface area contributed by atoms with Gasteiger partial charge in [0.15, 0.2) is 0 Å². The first kappa shape index (κ1) is 16.1. The molecular weight excluding hydrogens is 334 g/mol. The average molecular weight is 350 g/mol. The Labute approximate surface area is 121 Å². The van der Waals surface area contributed by atoms with Gasteiger partial charge in [-0.1, -0.05) is 28.9 Å². The topological polar surface area (TPSA) is 63.7 Å². The number of ether oxygens (including phenoxy) is 1. The van der Waals surface area contributed by atoms with E-state index in [1.807, 2.05) is 0 Å². The van der Waals surface area contributed by atoms with Gasteiger partial charge in [-0.2, -0.15) is 4.31 Å². The standard InChI is InChI=1S/C12H16BrNO4S/c1-3-14(9-12(15)18-4-2)19(16,17)11-7-5-6-10(13)8-11/h5-8H,3-4,9H2,1-2H3. The lowest BCUT2D eigenvalue weighted by molar-refractivity contribution is -0.143. The summed E-state index contributed by atoms with van der Waals surface area (Å²) < 4.78 is 31.2. The molecule has 0 unspecified atom stereocenters. The fraction of sp³-hybridized carbons (Fsp3) is 0.417. The Morgan fingerprint density at radius 3 is 2.58 bits per heavy atom. The molecule has 0 saturated carbocycles. The van der Waals surface area contributed by atoms with Gasteiger partial charge in [0.25, 0.3) is 0 Å². The summed E-state index contributed by atoms with van der Waals surface area (Å²) >= 11 is 3.23. The van der Waals surface area contributed by atoms with E-state index in [2.05, 4.69) is 15.9 Å². The maximum Gasteiger partial charge on any atom is 0.321 e. The summed E-state index contributed by atoms with van der Waals surface area (Å²) in [6, 6.07) is 6.37. The summed E-state index contributed by atoms with van der Waals surface area (Å²) in [5.41, 5.74) is 0. The molecule has 0 aliphatic heterocycles. The number of esters is 1. The molecule has 0 spiro atoms. The molecule has 106 valence electrons. The van der Waals surface area contributed by atoms with Gasteiger partial charge < -0.3 is 4.74 Å². The predicted molar refractivity (Wildman–Crippen MR) is 75.2 cm³/mol. The van der Waals surface area contributed by atoms with Crippen LogP contribution in [0, 0.1) is 0 Å². The quantitative estimate of drug-likeness (QED) is 0.737. The molecule has 0 aliphatic carbocycles. The van der Waals surface area contributed by atoms with Crippen LogP contribution < -0.4 is 0 Å². The summed E-state index contributed by atoms with van der Waals surface area (Å²) in [7, 11) is -3.68. The number of halogens is 1. The number of carbonyl (C=O) groups excluding carboxylic acids is 1. The molecule has 0 radical (unpaired) electrons. The van der Waals surface area contributed by atoms with Crippen molar-refractivity contribution in [2.45, 2.75) is 18.7 Å². The van der Waals surface area contributed by atoms with Crippen molar-refractivity contribution in [2.24, 2.45) is 0 Å². The molecule has 0 amide bonds. The van der Waals surface area contributed by atoms with E-state index < -0.39 is 16.0 Å². The molecule has 1 aromatic rings. The van der Waals surface area contributed by atoms with Gasteiger partial charge in [0.2, 0.25) is 10.0 Å². The van der Waals surface area contributed by atoms with Crippen molar-refractivity contribution in [3.63, 3.8) is 0 Å². The number of hydrogen-bond donors (Lipinski definition) is 0. The Morgan fingerprint density at radius 2 is 2.05 bits per heavy atom. The Hall–Kier alpha value is -0.920. The van der Waals surface area contributed by atoms with Gasteiger partial charge in [0, 0.05) is 11.0 Å². The zero-order valence-electron chi connectivity index (χ0n) is 10.8. The highest BCUT2D eigenvalue weighted by Crippen LogP contribution is 2.19. The van der Waals surface area contributed by atoms with Gasteiger partial charge in [-0.3, -0.25) is 4.79 Å². The average Bonchev–Trinajstić information content (AvgIpc) is 2.36. The molecule has 5 nitrogen and oxygen atoms in total. The smallest absolute Gasteiger partial charge is 0.321 e. The monoisotopic (exact) mass is 349 g/mol. The van der Waals surface area contributed by atoms with Crippen molar-refractivity contribution >= 4 is 31.9 Å². The van der Waals surface area contributed by atoms with Gasteiger partial charge in [-0.15, -0.1) is 0 Å². The van der Waals surface area contributed by atoms with Crippen LogP contribution in [-0.2, 0) is 19.6 Å². The number of carbonyl (C=O) groups is 1. The van der Waals surface area contributed by atoms with Crippen LogP contribution in [0.5, 0.6) is 0 Å². The van der Waals surface area contributed by atoms with Gasteiger partial charge in [-0.05, 0) is 25.1 Å². The zero-order chi connectivity index (χ0) is 14.5. The SMILES string of the molecule is CCOC(=O)CN(CC)S(=O)(=O)c1cccc(Br)c1. The Morgan fingerprint density at radius 1 is 1.37 bits per heavy atom. The second-order valence-corrected chi connectivity index (χ2v) is 6.55. The molecule has 19 heavy (non-hydrogen) atoms. The van der Waals surface area contributed by atoms with Gasteiger partial charge in [0.1, 0.15) is 6.54 Å². The van der Waals surface area contributed by atoms with Crippen molar-refractivity contribution < 1.29 is 17.9 Å². The molecule has 0 bridgehead atoms. The largest absolute Gasteiger partial charge is 0.465 e. The Bertz CT molecular complexity index is 544. The Kier molecular flexibility index (Phi) is 5.96. The van der Waals surface area contributed by atoms with Crippen LogP contribution in [0.1, 0.15) is 13.8 Å². The fourth-order valence-electron chi connectivity index (χ4n) is 1.49. The molecule has 0 fully saturated rings.